The van der Waals surface area contributed by atoms with Crippen molar-refractivity contribution in [1.82, 2.24) is 0 Å². The minimum absolute atomic E-state index is 0.0540. The number of phenolic OH excluding ortho intramolecular Hbond substituents is 2. The Balaban J connectivity index is 2.19. The number of rotatable bonds is 6. The number of fused-ring (bicyclic) bond motifs is 2. The molecule has 2 aromatic carbocycles. The standard InChI is InChI=1S/C20H16N4O4/c21-7-1-9-23-11-3-4-12(24-10-2-8-22)16-15(11)19(27)17-13(25)5-6-14(26)18(17)20(16)28/h3-6,23-26H,1-2,9-10H2. The summed E-state index contributed by atoms with van der Waals surface area (Å²) in [6.07, 6.45) is 0.392. The molecule has 0 aliphatic heterocycles. The Morgan fingerprint density at radius 3 is 1.46 bits per heavy atom. The van der Waals surface area contributed by atoms with Gasteiger partial charge in [0.25, 0.3) is 0 Å². The fourth-order valence-corrected chi connectivity index (χ4v) is 3.17. The van der Waals surface area contributed by atoms with Crippen molar-refractivity contribution in [2.75, 3.05) is 23.7 Å². The highest BCUT2D eigenvalue weighted by molar-refractivity contribution is 6.33. The van der Waals surface area contributed by atoms with Gasteiger partial charge in [0, 0.05) is 24.5 Å². The van der Waals surface area contributed by atoms with Gasteiger partial charge in [-0.05, 0) is 24.3 Å². The van der Waals surface area contributed by atoms with E-state index in [1.807, 2.05) is 12.1 Å². The monoisotopic (exact) mass is 376 g/mol. The SMILES string of the molecule is N#CCCNc1ccc(NCCC#N)c2c1C(=O)c1c(O)ccc(O)c1C2=O. The van der Waals surface area contributed by atoms with Crippen LogP contribution in [-0.4, -0.2) is 34.9 Å². The van der Waals surface area contributed by atoms with E-state index in [1.54, 1.807) is 12.1 Å². The molecule has 0 fully saturated rings. The normalized spacial score (nSPS) is 11.8. The number of hydrogen-bond acceptors (Lipinski definition) is 8. The van der Waals surface area contributed by atoms with Crippen LogP contribution in [0, 0.1) is 22.7 Å². The third-order valence-electron chi connectivity index (χ3n) is 4.38. The fourth-order valence-electron chi connectivity index (χ4n) is 3.17. The first-order valence-corrected chi connectivity index (χ1v) is 8.54. The summed E-state index contributed by atoms with van der Waals surface area (Å²) in [4.78, 5) is 26.3. The molecule has 4 N–H and O–H groups in total. The number of nitrogens with one attached hydrogen (secondary N) is 2. The van der Waals surface area contributed by atoms with Gasteiger partial charge in [-0.15, -0.1) is 0 Å². The molecule has 3 rings (SSSR count). The summed E-state index contributed by atoms with van der Waals surface area (Å²) >= 11 is 0. The molecule has 0 bridgehead atoms. The molecule has 0 heterocycles. The predicted octanol–water partition coefficient (Wildman–Crippen LogP) is 2.52. The Morgan fingerprint density at radius 1 is 0.714 bits per heavy atom. The number of anilines is 2. The number of benzene rings is 2. The van der Waals surface area contributed by atoms with Crippen molar-refractivity contribution in [3.05, 3.63) is 46.5 Å². The molecule has 8 nitrogen and oxygen atoms in total. The van der Waals surface area contributed by atoms with Crippen LogP contribution in [0.4, 0.5) is 11.4 Å². The van der Waals surface area contributed by atoms with E-state index >= 15 is 0 Å². The second-order valence-electron chi connectivity index (χ2n) is 6.09. The molecule has 0 saturated heterocycles. The molecule has 140 valence electrons. The zero-order valence-electron chi connectivity index (χ0n) is 14.7. The van der Waals surface area contributed by atoms with Gasteiger partial charge in [-0.3, -0.25) is 9.59 Å². The van der Waals surface area contributed by atoms with Gasteiger partial charge >= 0.3 is 0 Å². The number of carbonyl (C=O) groups is 2. The highest BCUT2D eigenvalue weighted by Gasteiger charge is 2.37. The largest absolute Gasteiger partial charge is 0.507 e. The van der Waals surface area contributed by atoms with E-state index in [4.69, 9.17) is 10.5 Å². The third-order valence-corrected chi connectivity index (χ3v) is 4.38. The zero-order chi connectivity index (χ0) is 20.3. The smallest absolute Gasteiger partial charge is 0.200 e. The third kappa shape index (κ3) is 3.08. The summed E-state index contributed by atoms with van der Waals surface area (Å²) in [6.45, 7) is 0.537. The number of phenols is 2. The highest BCUT2D eigenvalue weighted by Crippen LogP contribution is 2.42. The van der Waals surface area contributed by atoms with Gasteiger partial charge in [0.15, 0.2) is 0 Å². The van der Waals surface area contributed by atoms with Gasteiger partial charge in [0.2, 0.25) is 11.6 Å². The van der Waals surface area contributed by atoms with Gasteiger partial charge in [-0.1, -0.05) is 0 Å². The van der Waals surface area contributed by atoms with E-state index in [1.165, 1.54) is 0 Å². The molecular weight excluding hydrogens is 360 g/mol. The molecule has 0 aromatic heterocycles. The first-order chi connectivity index (χ1) is 13.5. The second-order valence-corrected chi connectivity index (χ2v) is 6.09. The summed E-state index contributed by atoms with van der Waals surface area (Å²) in [5.74, 6) is -2.02. The van der Waals surface area contributed by atoms with Crippen molar-refractivity contribution < 1.29 is 19.8 Å². The Bertz CT molecular complexity index is 979. The first-order valence-electron chi connectivity index (χ1n) is 8.54. The van der Waals surface area contributed by atoms with Gasteiger partial charge in [0.1, 0.15) is 11.5 Å². The quantitative estimate of drug-likeness (QED) is 0.379. The molecule has 0 atom stereocenters. The maximum absolute atomic E-state index is 13.2. The van der Waals surface area contributed by atoms with Crippen LogP contribution in [-0.2, 0) is 0 Å². The summed E-state index contributed by atoms with van der Waals surface area (Å²) in [6, 6.07) is 9.48. The Morgan fingerprint density at radius 2 is 1.11 bits per heavy atom. The lowest BCUT2D eigenvalue weighted by atomic mass is 9.81. The molecule has 8 heteroatoms. The van der Waals surface area contributed by atoms with E-state index in [0.29, 0.717) is 11.4 Å². The predicted molar refractivity (Wildman–Crippen MR) is 101 cm³/mol. The number of ketones is 2. The average molecular weight is 376 g/mol. The van der Waals surface area contributed by atoms with Crippen LogP contribution in [0.5, 0.6) is 11.5 Å². The Hall–Kier alpha value is -4.04. The van der Waals surface area contributed by atoms with E-state index in [-0.39, 0.29) is 48.2 Å². The van der Waals surface area contributed by atoms with Crippen LogP contribution in [0.15, 0.2) is 24.3 Å². The second kappa shape index (κ2) is 7.68. The fraction of sp³-hybridized carbons (Fsp3) is 0.200. The number of hydrogen-bond donors (Lipinski definition) is 4. The maximum Gasteiger partial charge on any atom is 0.200 e. The molecule has 2 aromatic rings. The van der Waals surface area contributed by atoms with Crippen LogP contribution in [0.1, 0.15) is 44.7 Å². The van der Waals surface area contributed by atoms with Crippen molar-refractivity contribution in [2.24, 2.45) is 0 Å². The molecule has 1 aliphatic rings. The molecular formula is C20H16N4O4. The molecule has 1 aliphatic carbocycles. The first kappa shape index (κ1) is 18.7. The summed E-state index contributed by atoms with van der Waals surface area (Å²) in [5, 5.41) is 43.7. The van der Waals surface area contributed by atoms with E-state index in [0.717, 1.165) is 12.1 Å². The number of nitriles is 2. The Kier molecular flexibility index (Phi) is 5.14. The van der Waals surface area contributed by atoms with E-state index in [2.05, 4.69) is 10.6 Å². The lowest BCUT2D eigenvalue weighted by Crippen LogP contribution is -2.25. The molecule has 0 spiro atoms. The van der Waals surface area contributed by atoms with Crippen LogP contribution >= 0.6 is 0 Å². The minimum atomic E-state index is -0.610. The van der Waals surface area contributed by atoms with Crippen LogP contribution in [0.3, 0.4) is 0 Å². The molecule has 0 saturated carbocycles. The van der Waals surface area contributed by atoms with Crippen molar-refractivity contribution in [2.45, 2.75) is 12.8 Å². The van der Waals surface area contributed by atoms with Gasteiger partial charge in [0.05, 0.1) is 47.2 Å². The number of carbonyl (C=O) groups excluding carboxylic acids is 2. The molecule has 0 radical (unpaired) electrons. The number of nitrogens with zero attached hydrogens (tertiary/aromatic N) is 2. The molecule has 0 amide bonds. The highest BCUT2D eigenvalue weighted by atomic mass is 16.3. The van der Waals surface area contributed by atoms with Crippen LogP contribution in [0.25, 0.3) is 0 Å². The van der Waals surface area contributed by atoms with Gasteiger partial charge in [-0.25, -0.2) is 0 Å². The topological polar surface area (TPSA) is 146 Å². The van der Waals surface area contributed by atoms with Crippen molar-refractivity contribution in [3.8, 4) is 23.6 Å². The van der Waals surface area contributed by atoms with E-state index in [9.17, 15) is 19.8 Å². The van der Waals surface area contributed by atoms with Crippen LogP contribution < -0.4 is 10.6 Å². The molecule has 28 heavy (non-hydrogen) atoms. The summed E-state index contributed by atoms with van der Waals surface area (Å²) < 4.78 is 0. The number of aromatic hydroxyl groups is 2. The maximum atomic E-state index is 13.2. The van der Waals surface area contributed by atoms with Crippen LogP contribution in [0.2, 0.25) is 0 Å². The minimum Gasteiger partial charge on any atom is -0.507 e. The lowest BCUT2D eigenvalue weighted by Gasteiger charge is -2.24. The van der Waals surface area contributed by atoms with Crippen molar-refractivity contribution in [3.63, 3.8) is 0 Å². The average Bonchev–Trinajstić information content (AvgIpc) is 2.68. The lowest BCUT2D eigenvalue weighted by molar-refractivity contribution is 0.0975. The van der Waals surface area contributed by atoms with Crippen molar-refractivity contribution >= 4 is 22.9 Å². The Labute approximate surface area is 160 Å². The van der Waals surface area contributed by atoms with Gasteiger partial charge < -0.3 is 20.8 Å². The summed E-state index contributed by atoms with van der Waals surface area (Å²) in [7, 11) is 0. The zero-order valence-corrected chi connectivity index (χ0v) is 14.7. The summed E-state index contributed by atoms with van der Waals surface area (Å²) in [5.41, 5.74) is 0.298. The molecule has 0 unspecified atom stereocenters. The van der Waals surface area contributed by atoms with E-state index < -0.39 is 23.1 Å². The van der Waals surface area contributed by atoms with Gasteiger partial charge in [-0.2, -0.15) is 10.5 Å². The van der Waals surface area contributed by atoms with Crippen molar-refractivity contribution in [1.29, 1.82) is 10.5 Å².